The van der Waals surface area contributed by atoms with E-state index in [0.717, 1.165) is 17.9 Å². The van der Waals surface area contributed by atoms with Crippen LogP contribution in [0.1, 0.15) is 50.6 Å². The number of hydrogen-bond donors (Lipinski definition) is 1. The fourth-order valence-electron chi connectivity index (χ4n) is 2.16. The Morgan fingerprint density at radius 3 is 2.61 bits per heavy atom. The molecule has 0 aromatic heterocycles. The molecule has 1 atom stereocenters. The van der Waals surface area contributed by atoms with Crippen molar-refractivity contribution in [1.82, 2.24) is 5.32 Å². The lowest BCUT2D eigenvalue weighted by Crippen LogP contribution is -2.29. The first-order valence-corrected chi connectivity index (χ1v) is 7.13. The summed E-state index contributed by atoms with van der Waals surface area (Å²) in [5.41, 5.74) is 1.17. The number of carbonyl (C=O) groups excluding carboxylic acids is 1. The molecule has 0 bridgehead atoms. The van der Waals surface area contributed by atoms with Crippen molar-refractivity contribution in [2.45, 2.75) is 45.1 Å². The molecule has 98 valence electrons. The third-order valence-corrected chi connectivity index (χ3v) is 3.65. The minimum absolute atomic E-state index is 0.170. The summed E-state index contributed by atoms with van der Waals surface area (Å²) in [7, 11) is 0. The third-order valence-electron chi connectivity index (χ3n) is 3.40. The lowest BCUT2D eigenvalue weighted by molar-refractivity contribution is -0.122. The van der Waals surface area contributed by atoms with E-state index in [1.54, 1.807) is 0 Å². The predicted octanol–water partition coefficient (Wildman–Crippen LogP) is 4.10. The summed E-state index contributed by atoms with van der Waals surface area (Å²) in [4.78, 5) is 11.8. The summed E-state index contributed by atoms with van der Waals surface area (Å²) >= 11 is 5.90. The highest BCUT2D eigenvalue weighted by Crippen LogP contribution is 2.41. The second kappa shape index (κ2) is 6.24. The minimum Gasteiger partial charge on any atom is -0.349 e. The van der Waals surface area contributed by atoms with Gasteiger partial charge in [-0.2, -0.15) is 0 Å². The van der Waals surface area contributed by atoms with Gasteiger partial charge in [0.25, 0.3) is 0 Å². The fraction of sp³-hybridized carbons (Fsp3) is 0.533. The molecule has 1 aromatic carbocycles. The highest BCUT2D eigenvalue weighted by Gasteiger charge is 2.33. The summed E-state index contributed by atoms with van der Waals surface area (Å²) in [5.74, 6) is 0.778. The van der Waals surface area contributed by atoms with Gasteiger partial charge in [-0.3, -0.25) is 4.79 Å². The SMILES string of the molecule is CCCCC(=O)NC(c1ccc(Cl)cc1)C1CC1. The van der Waals surface area contributed by atoms with Crippen LogP contribution in [-0.4, -0.2) is 5.91 Å². The first-order valence-electron chi connectivity index (χ1n) is 6.75. The Morgan fingerprint density at radius 2 is 2.06 bits per heavy atom. The van der Waals surface area contributed by atoms with E-state index in [9.17, 15) is 4.79 Å². The molecule has 1 fully saturated rings. The second-order valence-electron chi connectivity index (χ2n) is 5.04. The van der Waals surface area contributed by atoms with Gasteiger partial charge in [0.05, 0.1) is 6.04 Å². The van der Waals surface area contributed by atoms with Gasteiger partial charge in [0.15, 0.2) is 0 Å². The van der Waals surface area contributed by atoms with E-state index in [1.165, 1.54) is 18.4 Å². The van der Waals surface area contributed by atoms with Crippen molar-refractivity contribution >= 4 is 17.5 Å². The minimum atomic E-state index is 0.170. The zero-order valence-electron chi connectivity index (χ0n) is 10.8. The maximum Gasteiger partial charge on any atom is 0.220 e. The lowest BCUT2D eigenvalue weighted by atomic mass is 10.0. The molecule has 0 saturated heterocycles. The highest BCUT2D eigenvalue weighted by atomic mass is 35.5. The van der Waals surface area contributed by atoms with Gasteiger partial charge in [0, 0.05) is 11.4 Å². The van der Waals surface area contributed by atoms with E-state index in [1.807, 2.05) is 24.3 Å². The van der Waals surface area contributed by atoms with Crippen LogP contribution in [-0.2, 0) is 4.79 Å². The molecule has 0 radical (unpaired) electrons. The number of halogens is 1. The molecule has 1 aromatic rings. The summed E-state index contributed by atoms with van der Waals surface area (Å²) in [6.45, 7) is 2.10. The summed E-state index contributed by atoms with van der Waals surface area (Å²) in [6, 6.07) is 8.00. The van der Waals surface area contributed by atoms with Gasteiger partial charge in [-0.25, -0.2) is 0 Å². The molecular formula is C15H20ClNO. The third kappa shape index (κ3) is 3.74. The number of unbranched alkanes of at least 4 members (excludes halogenated alkanes) is 1. The molecular weight excluding hydrogens is 246 g/mol. The Labute approximate surface area is 114 Å². The molecule has 0 heterocycles. The second-order valence-corrected chi connectivity index (χ2v) is 5.47. The number of hydrogen-bond acceptors (Lipinski definition) is 1. The molecule has 2 rings (SSSR count). The number of nitrogens with one attached hydrogen (secondary N) is 1. The van der Waals surface area contributed by atoms with E-state index < -0.39 is 0 Å². The molecule has 18 heavy (non-hydrogen) atoms. The quantitative estimate of drug-likeness (QED) is 0.824. The van der Waals surface area contributed by atoms with Gasteiger partial charge < -0.3 is 5.32 Å². The zero-order chi connectivity index (χ0) is 13.0. The van der Waals surface area contributed by atoms with Crippen LogP contribution in [0.2, 0.25) is 5.02 Å². The van der Waals surface area contributed by atoms with Crippen LogP contribution >= 0.6 is 11.6 Å². The molecule has 3 heteroatoms. The average molecular weight is 266 g/mol. The monoisotopic (exact) mass is 265 g/mol. The van der Waals surface area contributed by atoms with E-state index in [-0.39, 0.29) is 11.9 Å². The number of amides is 1. The molecule has 0 spiro atoms. The smallest absolute Gasteiger partial charge is 0.220 e. The molecule has 1 aliphatic rings. The predicted molar refractivity (Wildman–Crippen MR) is 74.6 cm³/mol. The first kappa shape index (κ1) is 13.4. The normalized spacial score (nSPS) is 16.3. The Bertz CT molecular complexity index is 397. The maximum atomic E-state index is 11.8. The largest absolute Gasteiger partial charge is 0.349 e. The van der Waals surface area contributed by atoms with Gasteiger partial charge >= 0.3 is 0 Å². The molecule has 2 nitrogen and oxygen atoms in total. The van der Waals surface area contributed by atoms with Crippen molar-refractivity contribution in [1.29, 1.82) is 0 Å². The molecule has 1 saturated carbocycles. The molecule has 1 N–H and O–H groups in total. The fourth-order valence-corrected chi connectivity index (χ4v) is 2.28. The van der Waals surface area contributed by atoms with Gasteiger partial charge in [-0.15, -0.1) is 0 Å². The molecule has 0 aliphatic heterocycles. The lowest BCUT2D eigenvalue weighted by Gasteiger charge is -2.19. The first-order chi connectivity index (χ1) is 8.70. The Kier molecular flexibility index (Phi) is 4.65. The van der Waals surface area contributed by atoms with Crippen molar-refractivity contribution in [3.05, 3.63) is 34.9 Å². The van der Waals surface area contributed by atoms with Crippen LogP contribution in [0.4, 0.5) is 0 Å². The van der Waals surface area contributed by atoms with Crippen LogP contribution < -0.4 is 5.32 Å². The topological polar surface area (TPSA) is 29.1 Å². The summed E-state index contributed by atoms with van der Waals surface area (Å²) in [6.07, 6.45) is 5.07. The molecule has 1 amide bonds. The maximum absolute atomic E-state index is 11.8. The average Bonchev–Trinajstić information content (AvgIpc) is 3.19. The van der Waals surface area contributed by atoms with Crippen LogP contribution in [0.25, 0.3) is 0 Å². The van der Waals surface area contributed by atoms with Crippen molar-refractivity contribution in [3.63, 3.8) is 0 Å². The Hall–Kier alpha value is -1.02. The summed E-state index contributed by atoms with van der Waals surface area (Å²) < 4.78 is 0. The van der Waals surface area contributed by atoms with Crippen molar-refractivity contribution < 1.29 is 4.79 Å². The van der Waals surface area contributed by atoms with Gasteiger partial charge in [-0.05, 0) is 42.9 Å². The van der Waals surface area contributed by atoms with Gasteiger partial charge in [0.1, 0.15) is 0 Å². The van der Waals surface area contributed by atoms with Gasteiger partial charge in [-0.1, -0.05) is 37.1 Å². The number of rotatable bonds is 6. The van der Waals surface area contributed by atoms with Gasteiger partial charge in [0.2, 0.25) is 5.91 Å². The molecule has 1 unspecified atom stereocenters. The van der Waals surface area contributed by atoms with Crippen molar-refractivity contribution in [2.75, 3.05) is 0 Å². The number of benzene rings is 1. The Balaban J connectivity index is 2.00. The highest BCUT2D eigenvalue weighted by molar-refractivity contribution is 6.30. The van der Waals surface area contributed by atoms with Crippen LogP contribution in [0.5, 0.6) is 0 Å². The summed E-state index contributed by atoms with van der Waals surface area (Å²) in [5, 5.41) is 3.91. The van der Waals surface area contributed by atoms with E-state index >= 15 is 0 Å². The molecule has 1 aliphatic carbocycles. The van der Waals surface area contributed by atoms with E-state index in [0.29, 0.717) is 12.3 Å². The van der Waals surface area contributed by atoms with E-state index in [4.69, 9.17) is 11.6 Å². The van der Waals surface area contributed by atoms with Crippen LogP contribution in [0, 0.1) is 5.92 Å². The zero-order valence-corrected chi connectivity index (χ0v) is 11.5. The Morgan fingerprint density at radius 1 is 1.39 bits per heavy atom. The van der Waals surface area contributed by atoms with E-state index in [2.05, 4.69) is 12.2 Å². The van der Waals surface area contributed by atoms with Crippen LogP contribution in [0.3, 0.4) is 0 Å². The standard InChI is InChI=1S/C15H20ClNO/c1-2-3-4-14(18)17-15(11-5-6-11)12-7-9-13(16)10-8-12/h7-11,15H,2-6H2,1H3,(H,17,18). The number of carbonyl (C=O) groups is 1. The van der Waals surface area contributed by atoms with Crippen LogP contribution in [0.15, 0.2) is 24.3 Å². The van der Waals surface area contributed by atoms with Crippen molar-refractivity contribution in [2.24, 2.45) is 5.92 Å². The van der Waals surface area contributed by atoms with Crippen molar-refractivity contribution in [3.8, 4) is 0 Å².